The minimum Gasteiger partial charge on any atom is -0.462 e. The van der Waals surface area contributed by atoms with Crippen LogP contribution < -0.4 is 0 Å². The molecule has 5 nitrogen and oxygen atoms in total. The van der Waals surface area contributed by atoms with Gasteiger partial charge in [-0.05, 0) is 50.7 Å². The maximum absolute atomic E-state index is 11.9. The van der Waals surface area contributed by atoms with Gasteiger partial charge in [-0.1, -0.05) is 6.07 Å². The zero-order valence-corrected chi connectivity index (χ0v) is 12.6. The number of aromatic nitrogens is 3. The third-order valence-electron chi connectivity index (χ3n) is 3.83. The van der Waals surface area contributed by atoms with E-state index in [9.17, 15) is 4.79 Å². The molecule has 1 fully saturated rings. The first kappa shape index (κ1) is 13.8. The van der Waals surface area contributed by atoms with Crippen LogP contribution in [0.25, 0.3) is 5.82 Å². The molecule has 0 amide bonds. The fraction of sp³-hybridized carbons (Fsp3) is 0.438. The van der Waals surface area contributed by atoms with Crippen molar-refractivity contribution < 1.29 is 9.53 Å². The molecule has 2 aromatic heterocycles. The summed E-state index contributed by atoms with van der Waals surface area (Å²) in [6.45, 7) is 6.03. The van der Waals surface area contributed by atoms with Gasteiger partial charge in [0.2, 0.25) is 0 Å². The lowest BCUT2D eigenvalue weighted by Gasteiger charge is -2.09. The minimum atomic E-state index is -0.339. The molecule has 5 heteroatoms. The normalized spacial score (nSPS) is 14.2. The number of aryl methyl sites for hydroxylation is 1. The Morgan fingerprint density at radius 2 is 2.14 bits per heavy atom. The van der Waals surface area contributed by atoms with E-state index in [1.807, 2.05) is 20.0 Å². The summed E-state index contributed by atoms with van der Waals surface area (Å²) in [6, 6.07) is 2.17. The molecule has 0 atom stereocenters. The van der Waals surface area contributed by atoms with Gasteiger partial charge in [0.05, 0.1) is 18.5 Å². The van der Waals surface area contributed by atoms with Crippen LogP contribution in [-0.4, -0.2) is 27.3 Å². The van der Waals surface area contributed by atoms with E-state index in [4.69, 9.17) is 4.74 Å². The Morgan fingerprint density at radius 3 is 2.76 bits per heavy atom. The number of esters is 1. The molecule has 1 aliphatic carbocycles. The second-order valence-electron chi connectivity index (χ2n) is 5.46. The molecule has 2 heterocycles. The number of hydrogen-bond donors (Lipinski definition) is 0. The van der Waals surface area contributed by atoms with Crippen molar-refractivity contribution in [2.24, 2.45) is 0 Å². The average Bonchev–Trinajstić information content (AvgIpc) is 3.23. The summed E-state index contributed by atoms with van der Waals surface area (Å²) in [5.74, 6) is 1.11. The van der Waals surface area contributed by atoms with Crippen LogP contribution in [-0.2, 0) is 4.74 Å². The Morgan fingerprint density at radius 1 is 1.38 bits per heavy atom. The summed E-state index contributed by atoms with van der Waals surface area (Å²) >= 11 is 0. The molecular weight excluding hydrogens is 266 g/mol. The predicted molar refractivity (Wildman–Crippen MR) is 78.8 cm³/mol. The van der Waals surface area contributed by atoms with Crippen molar-refractivity contribution in [2.45, 2.75) is 39.5 Å². The number of carbonyl (C=O) groups excluding carboxylic acids is 1. The molecule has 0 bridgehead atoms. The molecule has 2 aromatic rings. The lowest BCUT2D eigenvalue weighted by Crippen LogP contribution is -2.08. The highest BCUT2D eigenvalue weighted by Gasteiger charge is 2.25. The summed E-state index contributed by atoms with van der Waals surface area (Å²) in [5.41, 5.74) is 3.61. The van der Waals surface area contributed by atoms with E-state index in [0.717, 1.165) is 17.1 Å². The number of rotatable bonds is 4. The van der Waals surface area contributed by atoms with Gasteiger partial charge in [0.25, 0.3) is 0 Å². The molecule has 0 aliphatic heterocycles. The lowest BCUT2D eigenvalue weighted by atomic mass is 10.1. The van der Waals surface area contributed by atoms with E-state index in [0.29, 0.717) is 18.1 Å². The fourth-order valence-corrected chi connectivity index (χ4v) is 2.48. The molecular formula is C16H19N3O2. The van der Waals surface area contributed by atoms with E-state index >= 15 is 0 Å². The molecule has 110 valence electrons. The number of carbonyl (C=O) groups is 1. The van der Waals surface area contributed by atoms with Crippen LogP contribution >= 0.6 is 0 Å². The summed E-state index contributed by atoms with van der Waals surface area (Å²) < 4.78 is 6.74. The van der Waals surface area contributed by atoms with Crippen LogP contribution in [0, 0.1) is 13.8 Å². The zero-order chi connectivity index (χ0) is 15.0. The van der Waals surface area contributed by atoms with Crippen LogP contribution in [0.3, 0.4) is 0 Å². The van der Waals surface area contributed by atoms with Gasteiger partial charge < -0.3 is 4.74 Å². The molecule has 1 saturated carbocycles. The average molecular weight is 285 g/mol. The highest BCUT2D eigenvalue weighted by Crippen LogP contribution is 2.40. The van der Waals surface area contributed by atoms with Gasteiger partial charge in [0, 0.05) is 6.20 Å². The Labute approximate surface area is 124 Å². The van der Waals surface area contributed by atoms with E-state index in [-0.39, 0.29) is 5.97 Å². The smallest absolute Gasteiger partial charge is 0.341 e. The van der Waals surface area contributed by atoms with Crippen LogP contribution in [0.15, 0.2) is 18.5 Å². The van der Waals surface area contributed by atoms with E-state index in [1.54, 1.807) is 17.8 Å². The third kappa shape index (κ3) is 2.55. The van der Waals surface area contributed by atoms with Gasteiger partial charge in [-0.25, -0.2) is 14.5 Å². The number of nitrogens with zero attached hydrogens (tertiary/aromatic N) is 3. The largest absolute Gasteiger partial charge is 0.462 e. The van der Waals surface area contributed by atoms with E-state index in [1.165, 1.54) is 18.4 Å². The van der Waals surface area contributed by atoms with Gasteiger partial charge in [-0.15, -0.1) is 0 Å². The summed E-state index contributed by atoms with van der Waals surface area (Å²) in [7, 11) is 0. The van der Waals surface area contributed by atoms with Crippen molar-refractivity contribution in [1.82, 2.24) is 14.8 Å². The second kappa shape index (κ2) is 5.31. The summed E-state index contributed by atoms with van der Waals surface area (Å²) in [4.78, 5) is 16.4. The zero-order valence-electron chi connectivity index (χ0n) is 12.6. The second-order valence-corrected chi connectivity index (χ2v) is 5.46. The van der Waals surface area contributed by atoms with Crippen molar-refractivity contribution in [3.05, 3.63) is 40.8 Å². The predicted octanol–water partition coefficient (Wildman–Crippen LogP) is 2.94. The van der Waals surface area contributed by atoms with Gasteiger partial charge >= 0.3 is 5.97 Å². The van der Waals surface area contributed by atoms with Crippen LogP contribution in [0.4, 0.5) is 0 Å². The van der Waals surface area contributed by atoms with Crippen molar-refractivity contribution in [3.8, 4) is 5.82 Å². The SMILES string of the molecule is CCOC(=O)c1cnn(-c2ncc(C3CC3)cc2C)c1C. The van der Waals surface area contributed by atoms with Crippen LogP contribution in [0.2, 0.25) is 0 Å². The maximum Gasteiger partial charge on any atom is 0.341 e. The molecule has 0 N–H and O–H groups in total. The minimum absolute atomic E-state index is 0.339. The highest BCUT2D eigenvalue weighted by atomic mass is 16.5. The lowest BCUT2D eigenvalue weighted by molar-refractivity contribution is 0.0525. The molecule has 21 heavy (non-hydrogen) atoms. The monoisotopic (exact) mass is 285 g/mol. The van der Waals surface area contributed by atoms with Crippen LogP contribution in [0.5, 0.6) is 0 Å². The molecule has 0 saturated heterocycles. The number of hydrogen-bond acceptors (Lipinski definition) is 4. The standard InChI is InChI=1S/C16H19N3O2/c1-4-21-16(20)14-9-18-19(11(14)3)15-10(2)7-13(8-17-15)12-5-6-12/h7-9,12H,4-6H2,1-3H3. The van der Waals surface area contributed by atoms with Crippen molar-refractivity contribution in [3.63, 3.8) is 0 Å². The van der Waals surface area contributed by atoms with E-state index < -0.39 is 0 Å². The Kier molecular flexibility index (Phi) is 3.49. The molecule has 0 unspecified atom stereocenters. The first-order valence-corrected chi connectivity index (χ1v) is 7.30. The van der Waals surface area contributed by atoms with Gasteiger partial charge in [-0.2, -0.15) is 5.10 Å². The molecule has 0 radical (unpaired) electrons. The molecule has 3 rings (SSSR count). The topological polar surface area (TPSA) is 57.0 Å². The highest BCUT2D eigenvalue weighted by molar-refractivity contribution is 5.90. The van der Waals surface area contributed by atoms with E-state index in [2.05, 4.69) is 16.1 Å². The Bertz CT molecular complexity index is 687. The Hall–Kier alpha value is -2.17. The van der Waals surface area contributed by atoms with Gasteiger partial charge in [-0.3, -0.25) is 0 Å². The van der Waals surface area contributed by atoms with Crippen molar-refractivity contribution in [2.75, 3.05) is 6.61 Å². The Balaban J connectivity index is 1.95. The molecule has 0 aromatic carbocycles. The molecule has 1 aliphatic rings. The summed E-state index contributed by atoms with van der Waals surface area (Å²) in [5, 5.41) is 4.29. The fourth-order valence-electron chi connectivity index (χ4n) is 2.48. The van der Waals surface area contributed by atoms with Crippen molar-refractivity contribution in [1.29, 1.82) is 0 Å². The van der Waals surface area contributed by atoms with Gasteiger partial charge in [0.1, 0.15) is 5.56 Å². The number of ether oxygens (including phenoxy) is 1. The maximum atomic E-state index is 11.9. The van der Waals surface area contributed by atoms with Crippen LogP contribution in [0.1, 0.15) is 52.9 Å². The van der Waals surface area contributed by atoms with Crippen molar-refractivity contribution >= 4 is 5.97 Å². The first-order chi connectivity index (χ1) is 10.1. The third-order valence-corrected chi connectivity index (χ3v) is 3.83. The summed E-state index contributed by atoms with van der Waals surface area (Å²) in [6.07, 6.45) is 5.98. The number of pyridine rings is 1. The van der Waals surface area contributed by atoms with Gasteiger partial charge in [0.15, 0.2) is 5.82 Å². The quantitative estimate of drug-likeness (QED) is 0.810. The first-order valence-electron chi connectivity index (χ1n) is 7.30. The molecule has 0 spiro atoms.